The lowest BCUT2D eigenvalue weighted by Crippen LogP contribution is -2.42. The normalized spacial score (nSPS) is 20.3. The number of aliphatic carboxylic acids is 1. The highest BCUT2D eigenvalue weighted by Gasteiger charge is 2.30. The Balaban J connectivity index is 1.54. The third-order valence-corrected chi connectivity index (χ3v) is 4.86. The summed E-state index contributed by atoms with van der Waals surface area (Å²) in [6.07, 6.45) is 6.51. The van der Waals surface area contributed by atoms with Gasteiger partial charge in [-0.1, -0.05) is 49.6 Å². The highest BCUT2D eigenvalue weighted by atomic mass is 16.4. The molecule has 1 aromatic heterocycles. The molecule has 1 fully saturated rings. The van der Waals surface area contributed by atoms with Crippen LogP contribution in [0.4, 0.5) is 0 Å². The van der Waals surface area contributed by atoms with Crippen LogP contribution < -0.4 is 5.32 Å². The molecule has 0 bridgehead atoms. The lowest BCUT2D eigenvalue weighted by Gasteiger charge is -2.22. The number of carboxylic acids is 1. The van der Waals surface area contributed by atoms with Crippen LogP contribution in [0.1, 0.15) is 44.4 Å². The zero-order valence-corrected chi connectivity index (χ0v) is 14.7. The smallest absolute Gasteiger partial charge is 0.308 e. The number of oxazole rings is 1. The molecule has 0 unspecified atom stereocenters. The molecule has 2 N–H and O–H groups in total. The lowest BCUT2D eigenvalue weighted by atomic mass is 9.94. The lowest BCUT2D eigenvalue weighted by molar-refractivity contribution is -0.143. The Bertz CT molecular complexity index is 741. The van der Waals surface area contributed by atoms with E-state index in [1.165, 1.54) is 0 Å². The van der Waals surface area contributed by atoms with Gasteiger partial charge in [0.15, 0.2) is 11.7 Å². The number of aromatic nitrogens is 1. The summed E-state index contributed by atoms with van der Waals surface area (Å²) in [6, 6.07) is 9.38. The molecule has 1 heterocycles. The molecule has 1 aliphatic rings. The van der Waals surface area contributed by atoms with E-state index in [0.717, 1.165) is 31.2 Å². The maximum Gasteiger partial charge on any atom is 0.308 e. The monoisotopic (exact) mass is 356 g/mol. The predicted octanol–water partition coefficient (Wildman–Crippen LogP) is 3.42. The second kappa shape index (κ2) is 8.65. The van der Waals surface area contributed by atoms with Gasteiger partial charge in [-0.25, -0.2) is 4.98 Å². The molecule has 3 rings (SSSR count). The third kappa shape index (κ3) is 4.71. The fourth-order valence-corrected chi connectivity index (χ4v) is 3.44. The van der Waals surface area contributed by atoms with Crippen molar-refractivity contribution in [2.75, 3.05) is 0 Å². The molecule has 0 spiro atoms. The SMILES string of the molecule is O=C(CCc1ncc(-c2ccccc2)o1)N[C@H]1CCCCC[C@H]1C(=O)O. The van der Waals surface area contributed by atoms with Crippen molar-refractivity contribution in [3.63, 3.8) is 0 Å². The summed E-state index contributed by atoms with van der Waals surface area (Å²) < 4.78 is 5.70. The van der Waals surface area contributed by atoms with E-state index in [0.29, 0.717) is 24.5 Å². The van der Waals surface area contributed by atoms with Gasteiger partial charge in [0.1, 0.15) is 0 Å². The van der Waals surface area contributed by atoms with Crippen LogP contribution in [-0.4, -0.2) is 28.0 Å². The Labute approximate surface area is 152 Å². The number of carbonyl (C=O) groups is 2. The van der Waals surface area contributed by atoms with Gasteiger partial charge in [-0.05, 0) is 12.8 Å². The van der Waals surface area contributed by atoms with Gasteiger partial charge in [0, 0.05) is 24.4 Å². The van der Waals surface area contributed by atoms with E-state index in [9.17, 15) is 14.7 Å². The van der Waals surface area contributed by atoms with Crippen molar-refractivity contribution in [1.82, 2.24) is 10.3 Å². The van der Waals surface area contributed by atoms with Crippen LogP contribution >= 0.6 is 0 Å². The van der Waals surface area contributed by atoms with E-state index in [1.54, 1.807) is 6.20 Å². The number of benzene rings is 1. The molecule has 2 atom stereocenters. The number of hydrogen-bond donors (Lipinski definition) is 2. The van der Waals surface area contributed by atoms with Crippen molar-refractivity contribution >= 4 is 11.9 Å². The van der Waals surface area contributed by atoms with Gasteiger partial charge >= 0.3 is 5.97 Å². The number of carbonyl (C=O) groups excluding carboxylic acids is 1. The first-order valence-corrected chi connectivity index (χ1v) is 9.16. The maximum absolute atomic E-state index is 12.3. The van der Waals surface area contributed by atoms with E-state index in [-0.39, 0.29) is 18.4 Å². The van der Waals surface area contributed by atoms with Gasteiger partial charge < -0.3 is 14.8 Å². The van der Waals surface area contributed by atoms with Crippen LogP contribution in [0.25, 0.3) is 11.3 Å². The Morgan fingerprint density at radius 2 is 1.92 bits per heavy atom. The van der Waals surface area contributed by atoms with Gasteiger partial charge in [0.05, 0.1) is 12.1 Å². The predicted molar refractivity (Wildman–Crippen MR) is 96.4 cm³/mol. The summed E-state index contributed by atoms with van der Waals surface area (Å²) >= 11 is 0. The molecule has 0 saturated heterocycles. The number of hydrogen-bond acceptors (Lipinski definition) is 4. The summed E-state index contributed by atoms with van der Waals surface area (Å²) in [5.74, 6) is -0.279. The topological polar surface area (TPSA) is 92.4 Å². The zero-order chi connectivity index (χ0) is 18.4. The minimum Gasteiger partial charge on any atom is -0.481 e. The molecule has 2 aromatic rings. The molecule has 1 amide bonds. The first kappa shape index (κ1) is 18.2. The van der Waals surface area contributed by atoms with E-state index in [2.05, 4.69) is 10.3 Å². The molecule has 1 saturated carbocycles. The van der Waals surface area contributed by atoms with E-state index in [1.807, 2.05) is 30.3 Å². The van der Waals surface area contributed by atoms with E-state index >= 15 is 0 Å². The highest BCUT2D eigenvalue weighted by Crippen LogP contribution is 2.24. The van der Waals surface area contributed by atoms with Gasteiger partial charge in [-0.2, -0.15) is 0 Å². The van der Waals surface area contributed by atoms with E-state index < -0.39 is 11.9 Å². The second-order valence-corrected chi connectivity index (χ2v) is 6.74. The number of rotatable bonds is 6. The number of nitrogens with zero attached hydrogens (tertiary/aromatic N) is 1. The molecular weight excluding hydrogens is 332 g/mol. The van der Waals surface area contributed by atoms with Crippen molar-refractivity contribution in [1.29, 1.82) is 0 Å². The molecule has 26 heavy (non-hydrogen) atoms. The van der Waals surface area contributed by atoms with Gasteiger partial charge in [-0.3, -0.25) is 9.59 Å². The molecule has 1 aromatic carbocycles. The van der Waals surface area contributed by atoms with Gasteiger partial charge in [-0.15, -0.1) is 0 Å². The third-order valence-electron chi connectivity index (χ3n) is 4.86. The summed E-state index contributed by atoms with van der Waals surface area (Å²) in [7, 11) is 0. The standard InChI is InChI=1S/C20H24N2O4/c23-18(22-16-10-6-2-5-9-15(16)20(24)25)11-12-19-21-13-17(26-19)14-7-3-1-4-8-14/h1,3-4,7-8,13,15-16H,2,5-6,9-12H2,(H,22,23)(H,24,25)/t15-,16+/m1/s1. The molecule has 138 valence electrons. The van der Waals surface area contributed by atoms with Crippen molar-refractivity contribution in [2.24, 2.45) is 5.92 Å². The van der Waals surface area contributed by atoms with Crippen LogP contribution in [0, 0.1) is 5.92 Å². The Morgan fingerprint density at radius 3 is 2.69 bits per heavy atom. The molecule has 0 aliphatic heterocycles. The van der Waals surface area contributed by atoms with Crippen LogP contribution in [0.2, 0.25) is 0 Å². The Morgan fingerprint density at radius 1 is 1.15 bits per heavy atom. The molecule has 0 radical (unpaired) electrons. The molecule has 1 aliphatic carbocycles. The number of nitrogens with one attached hydrogen (secondary N) is 1. The Hall–Kier alpha value is -2.63. The second-order valence-electron chi connectivity index (χ2n) is 6.74. The molecular formula is C20H24N2O4. The van der Waals surface area contributed by atoms with Crippen LogP contribution in [0.5, 0.6) is 0 Å². The number of aryl methyl sites for hydroxylation is 1. The highest BCUT2D eigenvalue weighted by molar-refractivity contribution is 5.78. The van der Waals surface area contributed by atoms with Crippen molar-refractivity contribution in [3.05, 3.63) is 42.4 Å². The van der Waals surface area contributed by atoms with Crippen molar-refractivity contribution in [2.45, 2.75) is 51.0 Å². The first-order valence-electron chi connectivity index (χ1n) is 9.16. The van der Waals surface area contributed by atoms with Crippen LogP contribution in [0.15, 0.2) is 40.9 Å². The first-order chi connectivity index (χ1) is 12.6. The minimum atomic E-state index is -0.822. The van der Waals surface area contributed by atoms with Crippen LogP contribution in [-0.2, 0) is 16.0 Å². The zero-order valence-electron chi connectivity index (χ0n) is 14.7. The maximum atomic E-state index is 12.3. The average molecular weight is 356 g/mol. The van der Waals surface area contributed by atoms with Crippen molar-refractivity contribution < 1.29 is 19.1 Å². The number of carboxylic acid groups (broad SMARTS) is 1. The van der Waals surface area contributed by atoms with Gasteiger partial charge in [0.2, 0.25) is 5.91 Å². The summed E-state index contributed by atoms with van der Waals surface area (Å²) in [5, 5.41) is 12.3. The summed E-state index contributed by atoms with van der Waals surface area (Å²) in [5.41, 5.74) is 0.943. The summed E-state index contributed by atoms with van der Waals surface area (Å²) in [6.45, 7) is 0. The quantitative estimate of drug-likeness (QED) is 0.774. The summed E-state index contributed by atoms with van der Waals surface area (Å²) in [4.78, 5) is 27.9. The van der Waals surface area contributed by atoms with Crippen LogP contribution in [0.3, 0.4) is 0 Å². The molecule has 6 nitrogen and oxygen atoms in total. The fraction of sp³-hybridized carbons (Fsp3) is 0.450. The average Bonchev–Trinajstić information content (AvgIpc) is 3.00. The Kier molecular flexibility index (Phi) is 6.04. The largest absolute Gasteiger partial charge is 0.481 e. The fourth-order valence-electron chi connectivity index (χ4n) is 3.44. The number of amides is 1. The minimum absolute atomic E-state index is 0.150. The van der Waals surface area contributed by atoms with Crippen molar-refractivity contribution in [3.8, 4) is 11.3 Å². The van der Waals surface area contributed by atoms with Gasteiger partial charge in [0.25, 0.3) is 0 Å². The molecule has 6 heteroatoms. The van der Waals surface area contributed by atoms with E-state index in [4.69, 9.17) is 4.42 Å².